The van der Waals surface area contributed by atoms with Crippen LogP contribution in [0.4, 0.5) is 4.39 Å². The van der Waals surface area contributed by atoms with Crippen LogP contribution in [0.15, 0.2) is 18.2 Å². The molecule has 0 saturated carbocycles. The molecular formula is C12H16ClFO. The SMILES string of the molecule is CCCC(O)CCc1cccc(F)c1Cl. The second-order valence-corrected chi connectivity index (χ2v) is 4.07. The molecule has 0 fully saturated rings. The number of benzene rings is 1. The van der Waals surface area contributed by atoms with Crippen LogP contribution in [0.5, 0.6) is 0 Å². The van der Waals surface area contributed by atoms with Gasteiger partial charge in [0.25, 0.3) is 0 Å². The van der Waals surface area contributed by atoms with Crippen LogP contribution < -0.4 is 0 Å². The minimum Gasteiger partial charge on any atom is -0.393 e. The molecule has 0 bridgehead atoms. The molecular weight excluding hydrogens is 215 g/mol. The molecule has 1 nitrogen and oxygen atoms in total. The summed E-state index contributed by atoms with van der Waals surface area (Å²) >= 11 is 5.80. The molecule has 84 valence electrons. The Balaban J connectivity index is 2.54. The number of rotatable bonds is 5. The van der Waals surface area contributed by atoms with Gasteiger partial charge in [-0.15, -0.1) is 0 Å². The third kappa shape index (κ3) is 3.80. The molecule has 0 heterocycles. The predicted octanol–water partition coefficient (Wildman–Crippen LogP) is 3.57. The van der Waals surface area contributed by atoms with Gasteiger partial charge in [-0.05, 0) is 30.9 Å². The Morgan fingerprint density at radius 3 is 2.80 bits per heavy atom. The number of aliphatic hydroxyl groups excluding tert-OH is 1. The quantitative estimate of drug-likeness (QED) is 0.820. The largest absolute Gasteiger partial charge is 0.393 e. The first-order chi connectivity index (χ1) is 7.15. The first-order valence-corrected chi connectivity index (χ1v) is 5.64. The van der Waals surface area contributed by atoms with Crippen molar-refractivity contribution < 1.29 is 9.50 Å². The highest BCUT2D eigenvalue weighted by molar-refractivity contribution is 6.31. The van der Waals surface area contributed by atoms with Gasteiger partial charge in [-0.2, -0.15) is 0 Å². The molecule has 0 aliphatic carbocycles. The first-order valence-electron chi connectivity index (χ1n) is 5.26. The number of hydrogen-bond acceptors (Lipinski definition) is 1. The maximum absolute atomic E-state index is 13.1. The molecule has 0 amide bonds. The van der Waals surface area contributed by atoms with Gasteiger partial charge in [-0.25, -0.2) is 4.39 Å². The van der Waals surface area contributed by atoms with Crippen molar-refractivity contribution in [2.24, 2.45) is 0 Å². The summed E-state index contributed by atoms with van der Waals surface area (Å²) in [5, 5.41) is 9.72. The van der Waals surface area contributed by atoms with Gasteiger partial charge in [0.2, 0.25) is 0 Å². The van der Waals surface area contributed by atoms with E-state index in [1.54, 1.807) is 12.1 Å². The summed E-state index contributed by atoms with van der Waals surface area (Å²) < 4.78 is 13.1. The van der Waals surface area contributed by atoms with Crippen molar-refractivity contribution in [2.75, 3.05) is 0 Å². The zero-order valence-corrected chi connectivity index (χ0v) is 9.60. The molecule has 1 aromatic carbocycles. The number of halogens is 2. The fourth-order valence-electron chi connectivity index (χ4n) is 1.54. The molecule has 1 N–H and O–H groups in total. The van der Waals surface area contributed by atoms with Gasteiger partial charge in [0.1, 0.15) is 5.82 Å². The van der Waals surface area contributed by atoms with Crippen LogP contribution in [-0.2, 0) is 6.42 Å². The normalized spacial score (nSPS) is 12.8. The van der Waals surface area contributed by atoms with Gasteiger partial charge in [0, 0.05) is 0 Å². The van der Waals surface area contributed by atoms with Gasteiger partial charge >= 0.3 is 0 Å². The summed E-state index contributed by atoms with van der Waals surface area (Å²) in [6.45, 7) is 2.03. The van der Waals surface area contributed by atoms with Crippen molar-refractivity contribution in [1.82, 2.24) is 0 Å². The molecule has 1 rings (SSSR count). The van der Waals surface area contributed by atoms with Gasteiger partial charge in [-0.1, -0.05) is 37.1 Å². The van der Waals surface area contributed by atoms with Crippen molar-refractivity contribution in [2.45, 2.75) is 38.7 Å². The third-order valence-electron chi connectivity index (χ3n) is 2.40. The standard InChI is InChI=1S/C12H16ClFO/c1-2-4-10(15)8-7-9-5-3-6-11(14)12(9)13/h3,5-6,10,15H,2,4,7-8H2,1H3. The van der Waals surface area contributed by atoms with E-state index >= 15 is 0 Å². The highest BCUT2D eigenvalue weighted by Gasteiger charge is 2.08. The minimum absolute atomic E-state index is 0.182. The zero-order chi connectivity index (χ0) is 11.3. The van der Waals surface area contributed by atoms with E-state index in [2.05, 4.69) is 0 Å². The topological polar surface area (TPSA) is 20.2 Å². The lowest BCUT2D eigenvalue weighted by atomic mass is 10.0. The maximum atomic E-state index is 13.1. The van der Waals surface area contributed by atoms with Crippen LogP contribution >= 0.6 is 11.6 Å². The van der Waals surface area contributed by atoms with Gasteiger partial charge in [0.05, 0.1) is 11.1 Å². The van der Waals surface area contributed by atoms with Crippen molar-refractivity contribution in [1.29, 1.82) is 0 Å². The lowest BCUT2D eigenvalue weighted by Gasteiger charge is -2.10. The van der Waals surface area contributed by atoms with Crippen molar-refractivity contribution in [3.63, 3.8) is 0 Å². The molecule has 1 aromatic rings. The van der Waals surface area contributed by atoms with Crippen LogP contribution in [0.25, 0.3) is 0 Å². The second-order valence-electron chi connectivity index (χ2n) is 3.69. The van der Waals surface area contributed by atoms with Crippen LogP contribution in [0, 0.1) is 5.82 Å². The summed E-state index contributed by atoms with van der Waals surface area (Å²) in [5.41, 5.74) is 0.770. The molecule has 0 spiro atoms. The van der Waals surface area contributed by atoms with E-state index in [1.807, 2.05) is 6.92 Å². The van der Waals surface area contributed by atoms with Gasteiger partial charge in [-0.3, -0.25) is 0 Å². The zero-order valence-electron chi connectivity index (χ0n) is 8.84. The highest BCUT2D eigenvalue weighted by Crippen LogP contribution is 2.21. The van der Waals surface area contributed by atoms with Crippen molar-refractivity contribution >= 4 is 11.6 Å². The molecule has 3 heteroatoms. The Morgan fingerprint density at radius 2 is 2.13 bits per heavy atom. The van der Waals surface area contributed by atoms with Crippen LogP contribution in [0.2, 0.25) is 5.02 Å². The summed E-state index contributed by atoms with van der Waals surface area (Å²) in [5.74, 6) is -0.390. The maximum Gasteiger partial charge on any atom is 0.142 e. The Hall–Kier alpha value is -0.600. The lowest BCUT2D eigenvalue weighted by molar-refractivity contribution is 0.154. The third-order valence-corrected chi connectivity index (χ3v) is 2.82. The van der Waals surface area contributed by atoms with E-state index in [0.29, 0.717) is 12.8 Å². The van der Waals surface area contributed by atoms with E-state index in [-0.39, 0.29) is 16.9 Å². The molecule has 15 heavy (non-hydrogen) atoms. The Bertz CT molecular complexity index is 314. The molecule has 1 atom stereocenters. The molecule has 0 aromatic heterocycles. The number of aliphatic hydroxyl groups is 1. The monoisotopic (exact) mass is 230 g/mol. The average Bonchev–Trinajstić information content (AvgIpc) is 2.21. The van der Waals surface area contributed by atoms with Crippen LogP contribution in [-0.4, -0.2) is 11.2 Å². The minimum atomic E-state index is -0.390. The lowest BCUT2D eigenvalue weighted by Crippen LogP contribution is -2.07. The first kappa shape index (κ1) is 12.5. The van der Waals surface area contributed by atoms with E-state index in [4.69, 9.17) is 11.6 Å². The Labute approximate surface area is 94.9 Å². The van der Waals surface area contributed by atoms with Gasteiger partial charge < -0.3 is 5.11 Å². The van der Waals surface area contributed by atoms with Gasteiger partial charge in [0.15, 0.2) is 0 Å². The van der Waals surface area contributed by atoms with Crippen LogP contribution in [0.3, 0.4) is 0 Å². The van der Waals surface area contributed by atoms with E-state index in [9.17, 15) is 9.50 Å². The van der Waals surface area contributed by atoms with E-state index in [0.717, 1.165) is 18.4 Å². The van der Waals surface area contributed by atoms with Crippen LogP contribution in [0.1, 0.15) is 31.7 Å². The van der Waals surface area contributed by atoms with Crippen molar-refractivity contribution in [3.05, 3.63) is 34.6 Å². The Kier molecular flexibility index (Phi) is 5.06. The van der Waals surface area contributed by atoms with E-state index in [1.165, 1.54) is 6.07 Å². The summed E-state index contributed by atoms with van der Waals surface area (Å²) in [6, 6.07) is 4.78. The summed E-state index contributed by atoms with van der Waals surface area (Å²) in [7, 11) is 0. The second kappa shape index (κ2) is 6.09. The molecule has 0 aliphatic rings. The smallest absolute Gasteiger partial charge is 0.142 e. The number of aryl methyl sites for hydroxylation is 1. The summed E-state index contributed by atoms with van der Waals surface area (Å²) in [6.07, 6.45) is 2.69. The molecule has 0 radical (unpaired) electrons. The average molecular weight is 231 g/mol. The number of hydrogen-bond donors (Lipinski definition) is 1. The predicted molar refractivity (Wildman–Crippen MR) is 60.6 cm³/mol. The fraction of sp³-hybridized carbons (Fsp3) is 0.500. The Morgan fingerprint density at radius 1 is 1.40 bits per heavy atom. The molecule has 0 aliphatic heterocycles. The summed E-state index contributed by atoms with van der Waals surface area (Å²) in [4.78, 5) is 0. The molecule has 1 unspecified atom stereocenters. The van der Waals surface area contributed by atoms with Crippen molar-refractivity contribution in [3.8, 4) is 0 Å². The van der Waals surface area contributed by atoms with E-state index < -0.39 is 0 Å². The fourth-order valence-corrected chi connectivity index (χ4v) is 1.76. The highest BCUT2D eigenvalue weighted by atomic mass is 35.5. The molecule has 0 saturated heterocycles.